The molecule has 70 valence electrons. The van der Waals surface area contributed by atoms with Crippen LogP contribution in [0.3, 0.4) is 0 Å². The van der Waals surface area contributed by atoms with Crippen LogP contribution in [0.5, 0.6) is 0 Å². The average molecular weight is 200 g/mol. The van der Waals surface area contributed by atoms with Crippen LogP contribution in [0.4, 0.5) is 0 Å². The third-order valence-electron chi connectivity index (χ3n) is 1.84. The largest absolute Gasteiger partial charge is 0.0814 e. The molecule has 0 N–H and O–H groups in total. The quantitative estimate of drug-likeness (QED) is 0.503. The second-order valence-corrected chi connectivity index (χ2v) is 4.26. The van der Waals surface area contributed by atoms with Gasteiger partial charge < -0.3 is 0 Å². The molecule has 2 aromatic rings. The predicted molar refractivity (Wildman–Crippen MR) is 70.4 cm³/mol. The van der Waals surface area contributed by atoms with Crippen molar-refractivity contribution in [1.82, 2.24) is 0 Å². The summed E-state index contributed by atoms with van der Waals surface area (Å²) in [5, 5.41) is 2.79. The van der Waals surface area contributed by atoms with Gasteiger partial charge in [0.1, 0.15) is 0 Å². The summed E-state index contributed by atoms with van der Waals surface area (Å²) in [5.74, 6) is 0. The molecule has 0 atom stereocenters. The van der Waals surface area contributed by atoms with E-state index in [1.807, 2.05) is 0 Å². The van der Waals surface area contributed by atoms with Crippen LogP contribution in [0.1, 0.15) is 0 Å². The molecule has 0 unspecified atom stereocenters. The summed E-state index contributed by atoms with van der Waals surface area (Å²) in [6.07, 6.45) is 0. The van der Waals surface area contributed by atoms with E-state index in [-0.39, 0.29) is 8.41 Å². The molecule has 0 aliphatic heterocycles. The molecule has 2 aromatic carbocycles. The molecule has 0 aliphatic rings. The van der Waals surface area contributed by atoms with Gasteiger partial charge in [-0.15, -0.1) is 0 Å². The first-order valence-electron chi connectivity index (χ1n) is 4.32. The molecule has 0 bridgehead atoms. The van der Waals surface area contributed by atoms with Gasteiger partial charge in [-0.25, -0.2) is 0 Å². The van der Waals surface area contributed by atoms with Crippen molar-refractivity contribution in [2.24, 2.45) is 0 Å². The minimum Gasteiger partial charge on any atom is -0.0622 e. The van der Waals surface area contributed by atoms with E-state index < -0.39 is 0 Å². The van der Waals surface area contributed by atoms with E-state index in [0.717, 1.165) is 8.58 Å². The van der Waals surface area contributed by atoms with Crippen LogP contribution in [0.25, 0.3) is 0 Å². The molecule has 0 saturated heterocycles. The van der Waals surface area contributed by atoms with Crippen molar-refractivity contribution in [3.05, 3.63) is 60.7 Å². The third-order valence-corrected chi connectivity index (χ3v) is 3.08. The zero-order valence-electron chi connectivity index (χ0n) is 7.27. The van der Waals surface area contributed by atoms with E-state index in [4.69, 9.17) is 0 Å². The lowest BCUT2D eigenvalue weighted by Gasteiger charge is -2.00. The second kappa shape index (κ2) is 5.62. The van der Waals surface area contributed by atoms with Crippen molar-refractivity contribution in [3.63, 3.8) is 0 Å². The van der Waals surface area contributed by atoms with Gasteiger partial charge in [-0.2, -0.15) is 0 Å². The summed E-state index contributed by atoms with van der Waals surface area (Å²) in [6, 6.07) is 21.2. The van der Waals surface area contributed by atoms with Crippen molar-refractivity contribution in [2.75, 3.05) is 0 Å². The topological polar surface area (TPSA) is 0 Å². The van der Waals surface area contributed by atoms with E-state index in [0.29, 0.717) is 0 Å². The van der Waals surface area contributed by atoms with Crippen molar-refractivity contribution in [3.8, 4) is 0 Å². The molecule has 2 rings (SSSR count). The van der Waals surface area contributed by atoms with E-state index in [1.165, 1.54) is 10.6 Å². The Kier molecular flexibility index (Phi) is 4.42. The van der Waals surface area contributed by atoms with Gasteiger partial charge in [-0.1, -0.05) is 69.2 Å². The second-order valence-electron chi connectivity index (χ2n) is 2.86. The fourth-order valence-electron chi connectivity index (χ4n) is 1.21. The molecule has 0 heterocycles. The normalized spacial score (nSPS) is 9.14. The molecule has 0 radical (unpaired) electrons. The summed E-state index contributed by atoms with van der Waals surface area (Å²) >= 11 is 0. The van der Waals surface area contributed by atoms with Gasteiger partial charge in [-0.05, 0) is 10.6 Å². The molecular weight excluding hydrogens is 186 g/mol. The van der Waals surface area contributed by atoms with Crippen LogP contribution in [0.2, 0.25) is 0 Å². The van der Waals surface area contributed by atoms with Crippen molar-refractivity contribution < 1.29 is 0 Å². The Balaban J connectivity index is 0.000000980. The van der Waals surface area contributed by atoms with Crippen LogP contribution >= 0.6 is 8.58 Å². The smallest absolute Gasteiger partial charge is 0.0622 e. The van der Waals surface area contributed by atoms with Gasteiger partial charge >= 0.3 is 0 Å². The molecule has 0 saturated carbocycles. The Bertz CT molecular complexity index is 321. The van der Waals surface area contributed by atoms with Crippen LogP contribution in [0, 0.1) is 0 Å². The SMILES string of the molecule is B.c1ccc(Pc2ccccc2)cc1. The van der Waals surface area contributed by atoms with Crippen molar-refractivity contribution >= 4 is 27.6 Å². The van der Waals surface area contributed by atoms with Crippen LogP contribution in [0.15, 0.2) is 60.7 Å². The van der Waals surface area contributed by atoms with Crippen LogP contribution < -0.4 is 10.6 Å². The summed E-state index contributed by atoms with van der Waals surface area (Å²) in [5.41, 5.74) is 0. The van der Waals surface area contributed by atoms with Gasteiger partial charge in [0.25, 0.3) is 0 Å². The zero-order valence-corrected chi connectivity index (χ0v) is 8.27. The lowest BCUT2D eigenvalue weighted by atomic mass is 10.4. The highest BCUT2D eigenvalue weighted by Crippen LogP contribution is 2.08. The molecule has 0 spiro atoms. The average Bonchev–Trinajstić information content (AvgIpc) is 2.21. The Labute approximate surface area is 88.7 Å². The van der Waals surface area contributed by atoms with Crippen molar-refractivity contribution in [2.45, 2.75) is 0 Å². The number of hydrogen-bond donors (Lipinski definition) is 0. The highest BCUT2D eigenvalue weighted by atomic mass is 31.1. The standard InChI is InChI=1S/C12H11P.BH3/c1-3-7-11(8-4-1)13-12-9-5-2-6-10-12;/h1-10,13H;1H3. The number of benzene rings is 2. The number of rotatable bonds is 2. The van der Waals surface area contributed by atoms with E-state index in [1.54, 1.807) is 0 Å². The third kappa shape index (κ3) is 3.01. The predicted octanol–water partition coefficient (Wildman–Crippen LogP) is 1.13. The van der Waals surface area contributed by atoms with E-state index >= 15 is 0 Å². The van der Waals surface area contributed by atoms with Crippen LogP contribution in [-0.2, 0) is 0 Å². The van der Waals surface area contributed by atoms with E-state index in [9.17, 15) is 0 Å². The lowest BCUT2D eigenvalue weighted by Crippen LogP contribution is -2.01. The Morgan fingerprint density at radius 3 is 1.29 bits per heavy atom. The summed E-state index contributed by atoms with van der Waals surface area (Å²) in [7, 11) is 0.777. The summed E-state index contributed by atoms with van der Waals surface area (Å²) in [6.45, 7) is 0. The Morgan fingerprint density at radius 2 is 0.929 bits per heavy atom. The maximum atomic E-state index is 2.17. The minimum atomic E-state index is 0. The lowest BCUT2D eigenvalue weighted by molar-refractivity contribution is 1.76. The minimum absolute atomic E-state index is 0. The molecule has 2 heteroatoms. The summed E-state index contributed by atoms with van der Waals surface area (Å²) < 4.78 is 0. The maximum Gasteiger partial charge on any atom is 0.0814 e. The van der Waals surface area contributed by atoms with Gasteiger partial charge in [0, 0.05) is 0 Å². The molecule has 0 nitrogen and oxygen atoms in total. The monoisotopic (exact) mass is 200 g/mol. The van der Waals surface area contributed by atoms with Crippen molar-refractivity contribution in [1.29, 1.82) is 0 Å². The van der Waals surface area contributed by atoms with Gasteiger partial charge in [0.05, 0.1) is 8.41 Å². The summed E-state index contributed by atoms with van der Waals surface area (Å²) in [4.78, 5) is 0. The van der Waals surface area contributed by atoms with Gasteiger partial charge in [0.2, 0.25) is 0 Å². The Hall–Kier alpha value is -1.07. The fraction of sp³-hybridized carbons (Fsp3) is 0. The highest BCUT2D eigenvalue weighted by molar-refractivity contribution is 7.55. The molecule has 0 amide bonds. The molecule has 0 aliphatic carbocycles. The fourth-order valence-corrected chi connectivity index (χ4v) is 2.26. The molecule has 14 heavy (non-hydrogen) atoms. The first-order valence-corrected chi connectivity index (χ1v) is 5.32. The van der Waals surface area contributed by atoms with Gasteiger partial charge in [-0.3, -0.25) is 0 Å². The molecular formula is C12H14BP. The first kappa shape index (κ1) is 11.0. The zero-order chi connectivity index (χ0) is 8.93. The van der Waals surface area contributed by atoms with Crippen LogP contribution in [-0.4, -0.2) is 8.41 Å². The number of hydrogen-bond acceptors (Lipinski definition) is 0. The highest BCUT2D eigenvalue weighted by Gasteiger charge is 1.92. The maximum absolute atomic E-state index is 2.17. The Morgan fingerprint density at radius 1 is 0.571 bits per heavy atom. The molecule has 0 fully saturated rings. The van der Waals surface area contributed by atoms with Gasteiger partial charge in [0.15, 0.2) is 0 Å². The first-order chi connectivity index (χ1) is 6.45. The van der Waals surface area contributed by atoms with E-state index in [2.05, 4.69) is 60.7 Å². The molecule has 0 aromatic heterocycles.